The molecule has 0 aliphatic carbocycles. The van der Waals surface area contributed by atoms with Gasteiger partial charge in [-0.3, -0.25) is 0 Å². The van der Waals surface area contributed by atoms with E-state index in [0.29, 0.717) is 19.0 Å². The Balaban J connectivity index is 1.92. The number of benzene rings is 1. The lowest BCUT2D eigenvalue weighted by Crippen LogP contribution is -2.38. The molecule has 2 N–H and O–H groups in total. The van der Waals surface area contributed by atoms with Gasteiger partial charge in [-0.05, 0) is 31.9 Å². The smallest absolute Gasteiger partial charge is 0.218 e. The van der Waals surface area contributed by atoms with Crippen molar-refractivity contribution in [1.29, 1.82) is 0 Å². The first-order valence-corrected chi connectivity index (χ1v) is 9.54. The third-order valence-electron chi connectivity index (χ3n) is 3.78. The fourth-order valence-electron chi connectivity index (χ4n) is 2.43. The number of pyridine rings is 1. The van der Waals surface area contributed by atoms with E-state index < -0.39 is 0 Å². The Labute approximate surface area is 162 Å². The van der Waals surface area contributed by atoms with Crippen LogP contribution >= 0.6 is 0 Å². The van der Waals surface area contributed by atoms with E-state index >= 15 is 0 Å². The van der Waals surface area contributed by atoms with Gasteiger partial charge in [0, 0.05) is 38.1 Å². The Morgan fingerprint density at radius 3 is 2.70 bits per heavy atom. The quantitative estimate of drug-likeness (QED) is 0.361. The summed E-state index contributed by atoms with van der Waals surface area (Å²) in [6.07, 6.45) is 2.68. The molecule has 0 aliphatic rings. The number of ether oxygens (including phenoxy) is 2. The number of rotatable bonds is 11. The first kappa shape index (κ1) is 20.7. The summed E-state index contributed by atoms with van der Waals surface area (Å²) in [7, 11) is 0. The molecule has 0 bridgehead atoms. The molecule has 0 saturated heterocycles. The van der Waals surface area contributed by atoms with E-state index in [-0.39, 0.29) is 0 Å². The molecule has 0 fully saturated rings. The second kappa shape index (κ2) is 12.7. The number of aliphatic imine (C=N–C) groups is 1. The van der Waals surface area contributed by atoms with Crippen molar-refractivity contribution in [2.24, 2.45) is 4.99 Å². The maximum Gasteiger partial charge on any atom is 0.218 e. The molecule has 6 heteroatoms. The first-order chi connectivity index (χ1) is 13.3. The Kier molecular flexibility index (Phi) is 9.74. The van der Waals surface area contributed by atoms with Crippen LogP contribution in [-0.2, 0) is 17.9 Å². The van der Waals surface area contributed by atoms with Crippen LogP contribution < -0.4 is 15.4 Å². The van der Waals surface area contributed by atoms with Crippen LogP contribution in [0.3, 0.4) is 0 Å². The van der Waals surface area contributed by atoms with Gasteiger partial charge in [0.15, 0.2) is 5.96 Å². The number of nitrogens with zero attached hydrogens (tertiary/aromatic N) is 2. The minimum atomic E-state index is 0.490. The van der Waals surface area contributed by atoms with Crippen LogP contribution in [0.4, 0.5) is 0 Å². The summed E-state index contributed by atoms with van der Waals surface area (Å²) in [6, 6.07) is 14.0. The first-order valence-electron chi connectivity index (χ1n) is 9.54. The van der Waals surface area contributed by atoms with Gasteiger partial charge in [-0.15, -0.1) is 0 Å². The van der Waals surface area contributed by atoms with E-state index in [2.05, 4.69) is 27.5 Å². The monoisotopic (exact) mass is 370 g/mol. The van der Waals surface area contributed by atoms with Gasteiger partial charge in [0.25, 0.3) is 0 Å². The third-order valence-corrected chi connectivity index (χ3v) is 3.78. The van der Waals surface area contributed by atoms with Gasteiger partial charge in [-0.2, -0.15) is 0 Å². The summed E-state index contributed by atoms with van der Waals surface area (Å²) < 4.78 is 11.3. The summed E-state index contributed by atoms with van der Waals surface area (Å²) >= 11 is 0. The lowest BCUT2D eigenvalue weighted by Gasteiger charge is -2.12. The predicted molar refractivity (Wildman–Crippen MR) is 109 cm³/mol. The molecular formula is C21H30N4O2. The van der Waals surface area contributed by atoms with Gasteiger partial charge >= 0.3 is 0 Å². The van der Waals surface area contributed by atoms with Crippen LogP contribution in [0.15, 0.2) is 53.7 Å². The highest BCUT2D eigenvalue weighted by molar-refractivity contribution is 5.79. The van der Waals surface area contributed by atoms with E-state index in [0.717, 1.165) is 49.8 Å². The zero-order valence-electron chi connectivity index (χ0n) is 16.3. The molecule has 0 radical (unpaired) electrons. The van der Waals surface area contributed by atoms with Crippen molar-refractivity contribution in [3.63, 3.8) is 0 Å². The van der Waals surface area contributed by atoms with Crippen molar-refractivity contribution >= 4 is 5.96 Å². The molecule has 6 nitrogen and oxygen atoms in total. The molecule has 2 rings (SSSR count). The van der Waals surface area contributed by atoms with Crippen LogP contribution in [-0.4, -0.2) is 37.2 Å². The summed E-state index contributed by atoms with van der Waals surface area (Å²) in [5, 5.41) is 6.58. The van der Waals surface area contributed by atoms with Gasteiger partial charge in [0.05, 0.1) is 6.54 Å². The molecule has 0 unspecified atom stereocenters. The molecule has 146 valence electrons. The summed E-state index contributed by atoms with van der Waals surface area (Å²) in [5.74, 6) is 1.41. The van der Waals surface area contributed by atoms with Crippen molar-refractivity contribution in [2.45, 2.75) is 33.4 Å². The van der Waals surface area contributed by atoms with E-state index in [1.807, 2.05) is 49.4 Å². The number of nitrogens with one attached hydrogen (secondary N) is 2. The lowest BCUT2D eigenvalue weighted by atomic mass is 10.2. The molecule has 1 aromatic heterocycles. The minimum absolute atomic E-state index is 0.490. The molecular weight excluding hydrogens is 340 g/mol. The molecule has 1 heterocycles. The van der Waals surface area contributed by atoms with Gasteiger partial charge in [0.2, 0.25) is 5.88 Å². The highest BCUT2D eigenvalue weighted by Gasteiger charge is 2.06. The highest BCUT2D eigenvalue weighted by Crippen LogP contribution is 2.17. The SMILES string of the molecule is CCNC(=NCc1cccnc1OCc1ccccc1)NCCCOCC. The van der Waals surface area contributed by atoms with Crippen LogP contribution in [0.25, 0.3) is 0 Å². The molecule has 0 aliphatic heterocycles. The Morgan fingerprint density at radius 2 is 1.93 bits per heavy atom. The fraction of sp³-hybridized carbons (Fsp3) is 0.429. The second-order valence-corrected chi connectivity index (χ2v) is 5.91. The molecule has 0 amide bonds. The second-order valence-electron chi connectivity index (χ2n) is 5.91. The van der Waals surface area contributed by atoms with Crippen LogP contribution in [0.5, 0.6) is 5.88 Å². The zero-order valence-corrected chi connectivity index (χ0v) is 16.3. The summed E-state index contributed by atoms with van der Waals surface area (Å²) in [4.78, 5) is 9.02. The minimum Gasteiger partial charge on any atom is -0.473 e. The van der Waals surface area contributed by atoms with Crippen LogP contribution in [0, 0.1) is 0 Å². The van der Waals surface area contributed by atoms with Crippen molar-refractivity contribution in [3.8, 4) is 5.88 Å². The lowest BCUT2D eigenvalue weighted by molar-refractivity contribution is 0.145. The Hall–Kier alpha value is -2.60. The van der Waals surface area contributed by atoms with Crippen molar-refractivity contribution in [3.05, 3.63) is 59.8 Å². The molecule has 2 aromatic rings. The van der Waals surface area contributed by atoms with E-state index in [1.54, 1.807) is 6.20 Å². The molecule has 0 atom stereocenters. The van der Waals surface area contributed by atoms with Gasteiger partial charge in [0.1, 0.15) is 6.61 Å². The molecule has 0 spiro atoms. The molecule has 27 heavy (non-hydrogen) atoms. The maximum absolute atomic E-state index is 5.90. The van der Waals surface area contributed by atoms with Crippen molar-refractivity contribution in [1.82, 2.24) is 15.6 Å². The standard InChI is InChI=1S/C21H30N4O2/c1-3-22-21(24-14-9-15-26-4-2)25-16-19-12-8-13-23-20(19)27-17-18-10-6-5-7-11-18/h5-8,10-13H,3-4,9,14-17H2,1-2H3,(H2,22,24,25). The number of guanidine groups is 1. The number of aromatic nitrogens is 1. The third kappa shape index (κ3) is 8.09. The van der Waals surface area contributed by atoms with Crippen molar-refractivity contribution in [2.75, 3.05) is 26.3 Å². The van der Waals surface area contributed by atoms with E-state index in [1.165, 1.54) is 0 Å². The maximum atomic E-state index is 5.90. The zero-order chi connectivity index (χ0) is 19.2. The fourth-order valence-corrected chi connectivity index (χ4v) is 2.43. The summed E-state index contributed by atoms with van der Waals surface area (Å²) in [5.41, 5.74) is 2.07. The summed E-state index contributed by atoms with van der Waals surface area (Å²) in [6.45, 7) is 8.17. The normalized spacial score (nSPS) is 11.3. The average Bonchev–Trinajstić information content (AvgIpc) is 2.71. The molecule has 1 aromatic carbocycles. The van der Waals surface area contributed by atoms with Crippen LogP contribution in [0.2, 0.25) is 0 Å². The topological polar surface area (TPSA) is 67.8 Å². The van der Waals surface area contributed by atoms with Gasteiger partial charge < -0.3 is 20.1 Å². The van der Waals surface area contributed by atoms with Gasteiger partial charge in [-0.25, -0.2) is 9.98 Å². The van der Waals surface area contributed by atoms with E-state index in [4.69, 9.17) is 9.47 Å². The largest absolute Gasteiger partial charge is 0.473 e. The predicted octanol–water partition coefficient (Wildman–Crippen LogP) is 3.14. The average molecular weight is 370 g/mol. The number of hydrogen-bond donors (Lipinski definition) is 2. The van der Waals surface area contributed by atoms with Crippen LogP contribution in [0.1, 0.15) is 31.4 Å². The van der Waals surface area contributed by atoms with Crippen molar-refractivity contribution < 1.29 is 9.47 Å². The van der Waals surface area contributed by atoms with E-state index in [9.17, 15) is 0 Å². The molecule has 0 saturated carbocycles. The highest BCUT2D eigenvalue weighted by atomic mass is 16.5. The number of hydrogen-bond acceptors (Lipinski definition) is 4. The Morgan fingerprint density at radius 1 is 1.07 bits per heavy atom. The Bertz CT molecular complexity index is 677. The van der Waals surface area contributed by atoms with Gasteiger partial charge in [-0.1, -0.05) is 36.4 Å².